The summed E-state index contributed by atoms with van der Waals surface area (Å²) in [6, 6.07) is 0. The first-order valence-corrected chi connectivity index (χ1v) is 17.9. The molecule has 1 saturated heterocycles. The number of ether oxygens (including phenoxy) is 1. The zero-order chi connectivity index (χ0) is 22.2. The molecule has 29 heavy (non-hydrogen) atoms. The van der Waals surface area contributed by atoms with E-state index in [-0.39, 0.29) is 17.9 Å². The second-order valence-electron chi connectivity index (χ2n) is 10.1. The third-order valence-electron chi connectivity index (χ3n) is 4.43. The summed E-state index contributed by atoms with van der Waals surface area (Å²) in [5.74, 6) is 0.947. The molecule has 0 radical (unpaired) electrons. The minimum Gasteiger partial charge on any atom is -0.514 e. The summed E-state index contributed by atoms with van der Waals surface area (Å²) in [5, 5.41) is 0. The predicted octanol–water partition coefficient (Wildman–Crippen LogP) is 5.52. The van der Waals surface area contributed by atoms with Crippen LogP contribution in [0.2, 0.25) is 39.3 Å². The van der Waals surface area contributed by atoms with Crippen molar-refractivity contribution in [3.63, 3.8) is 0 Å². The quantitative estimate of drug-likeness (QED) is 0.241. The normalized spacial score (nSPS) is 15.9. The number of carbonyl (C=O) groups is 1. The van der Waals surface area contributed by atoms with Crippen LogP contribution >= 0.6 is 0 Å². The van der Waals surface area contributed by atoms with E-state index in [0.29, 0.717) is 25.4 Å². The van der Waals surface area contributed by atoms with E-state index in [1.54, 1.807) is 0 Å². The van der Waals surface area contributed by atoms with Crippen LogP contribution in [0, 0.1) is 5.92 Å². The van der Waals surface area contributed by atoms with Crippen molar-refractivity contribution < 1.29 is 18.4 Å². The van der Waals surface area contributed by atoms with E-state index >= 15 is 0 Å². The van der Waals surface area contributed by atoms with Crippen LogP contribution in [0.15, 0.2) is 17.2 Å². The molecule has 0 aromatic heterocycles. The van der Waals surface area contributed by atoms with Gasteiger partial charge in [-0.05, 0) is 77.1 Å². The number of carbonyl (C=O) groups excluding carboxylic acids is 1. The lowest BCUT2D eigenvalue weighted by atomic mass is 9.96. The van der Waals surface area contributed by atoms with Crippen LogP contribution in [0.25, 0.3) is 0 Å². The van der Waals surface area contributed by atoms with Gasteiger partial charge < -0.3 is 18.5 Å². The molecule has 1 unspecified atom stereocenters. The molecule has 1 amide bonds. The molecule has 0 aromatic carbocycles. The van der Waals surface area contributed by atoms with Crippen molar-refractivity contribution >= 4 is 22.5 Å². The average Bonchev–Trinajstić information content (AvgIpc) is 3.08. The van der Waals surface area contributed by atoms with Crippen LogP contribution in [0.1, 0.15) is 46.5 Å². The lowest BCUT2D eigenvalue weighted by Gasteiger charge is -2.31. The first-order chi connectivity index (χ1) is 13.3. The van der Waals surface area contributed by atoms with Crippen molar-refractivity contribution in [2.75, 3.05) is 19.7 Å². The molecule has 0 saturated carbocycles. The standard InChI is InChI=1S/C22H43NO4Si2/c1-10-25-21(26-28(4,5)6)17-19(22(18(2)3)27-29(7,8)9)13-14-20(24)23-15-11-12-16-23/h18,22H,10-16H2,1-9H3. The number of amides is 1. The predicted molar refractivity (Wildman–Crippen MR) is 125 cm³/mol. The van der Waals surface area contributed by atoms with Crippen LogP contribution in [-0.2, 0) is 18.4 Å². The molecule has 1 heterocycles. The second kappa shape index (κ2) is 11.4. The van der Waals surface area contributed by atoms with Crippen molar-refractivity contribution in [3.8, 4) is 0 Å². The number of hydrogen-bond acceptors (Lipinski definition) is 4. The molecule has 168 valence electrons. The minimum atomic E-state index is -1.84. The van der Waals surface area contributed by atoms with Crippen molar-refractivity contribution in [2.45, 2.75) is 91.8 Å². The van der Waals surface area contributed by atoms with Crippen LogP contribution in [0.3, 0.4) is 0 Å². The monoisotopic (exact) mass is 441 g/mol. The largest absolute Gasteiger partial charge is 0.514 e. The molecule has 5 nitrogen and oxygen atoms in total. The van der Waals surface area contributed by atoms with E-state index in [1.807, 2.05) is 11.8 Å². The molecule has 1 fully saturated rings. The lowest BCUT2D eigenvalue weighted by molar-refractivity contribution is -0.130. The van der Waals surface area contributed by atoms with Gasteiger partial charge in [-0.25, -0.2) is 0 Å². The molecule has 1 aliphatic rings. The van der Waals surface area contributed by atoms with Gasteiger partial charge in [0.1, 0.15) is 0 Å². The van der Waals surface area contributed by atoms with E-state index in [4.69, 9.17) is 13.6 Å². The summed E-state index contributed by atoms with van der Waals surface area (Å²) >= 11 is 0. The summed E-state index contributed by atoms with van der Waals surface area (Å²) in [7, 11) is -3.63. The number of hydrogen-bond donors (Lipinski definition) is 0. The summed E-state index contributed by atoms with van der Waals surface area (Å²) in [5.41, 5.74) is 4.39. The molecular weight excluding hydrogens is 398 g/mol. The van der Waals surface area contributed by atoms with Crippen LogP contribution in [-0.4, -0.2) is 53.2 Å². The van der Waals surface area contributed by atoms with Crippen molar-refractivity contribution in [1.29, 1.82) is 0 Å². The van der Waals surface area contributed by atoms with Crippen molar-refractivity contribution in [2.24, 2.45) is 5.92 Å². The third kappa shape index (κ3) is 10.5. The molecule has 0 bridgehead atoms. The van der Waals surface area contributed by atoms with Gasteiger partial charge in [0, 0.05) is 25.1 Å². The summed E-state index contributed by atoms with van der Waals surface area (Å²) in [6.07, 6.45) is 3.23. The molecule has 7 heteroatoms. The molecule has 0 N–H and O–H groups in total. The highest BCUT2D eigenvalue weighted by Crippen LogP contribution is 2.26. The Balaban J connectivity index is 3.24. The molecule has 1 rings (SSSR count). The zero-order valence-electron chi connectivity index (χ0n) is 20.2. The Morgan fingerprint density at radius 3 is 2.03 bits per heavy atom. The lowest BCUT2D eigenvalue weighted by Crippen LogP contribution is -2.36. The highest BCUT2D eigenvalue weighted by Gasteiger charge is 2.28. The fraction of sp³-hybridized carbons (Fsp3) is 0.818. The van der Waals surface area contributed by atoms with Gasteiger partial charge in [0.25, 0.3) is 0 Å². The van der Waals surface area contributed by atoms with Crippen molar-refractivity contribution in [1.82, 2.24) is 4.90 Å². The van der Waals surface area contributed by atoms with Gasteiger partial charge in [0.05, 0.1) is 12.7 Å². The van der Waals surface area contributed by atoms with Gasteiger partial charge in [0.2, 0.25) is 14.2 Å². The Morgan fingerprint density at radius 1 is 1.00 bits per heavy atom. The van der Waals surface area contributed by atoms with Gasteiger partial charge in [-0.1, -0.05) is 13.8 Å². The third-order valence-corrected chi connectivity index (χ3v) is 6.19. The Kier molecular flexibility index (Phi) is 10.2. The SMILES string of the molecule is CCOC(=C=C(CCC(=O)N1CCCC1)C(O[Si](C)(C)C)C(C)C)O[Si](C)(C)C. The number of likely N-dealkylation sites (tertiary alicyclic amines) is 1. The van der Waals surface area contributed by atoms with Crippen LogP contribution < -0.4 is 0 Å². The van der Waals surface area contributed by atoms with Crippen molar-refractivity contribution in [3.05, 3.63) is 17.2 Å². The zero-order valence-corrected chi connectivity index (χ0v) is 22.2. The molecule has 0 spiro atoms. The number of rotatable bonds is 11. The molecule has 0 aliphatic carbocycles. The van der Waals surface area contributed by atoms with Gasteiger partial charge in [-0.3, -0.25) is 4.79 Å². The Morgan fingerprint density at radius 2 is 1.59 bits per heavy atom. The minimum absolute atomic E-state index is 0.0891. The molecular formula is C22H43NO4Si2. The maximum atomic E-state index is 12.7. The Hall–Kier alpha value is -1.02. The van der Waals surface area contributed by atoms with Crippen LogP contribution in [0.5, 0.6) is 0 Å². The highest BCUT2D eigenvalue weighted by atomic mass is 28.4. The topological polar surface area (TPSA) is 48.0 Å². The van der Waals surface area contributed by atoms with E-state index in [0.717, 1.165) is 31.5 Å². The maximum Gasteiger partial charge on any atom is 0.313 e. The molecule has 1 atom stereocenters. The van der Waals surface area contributed by atoms with E-state index < -0.39 is 16.6 Å². The summed E-state index contributed by atoms with van der Waals surface area (Å²) in [4.78, 5) is 14.6. The first-order valence-electron chi connectivity index (χ1n) is 11.1. The average molecular weight is 442 g/mol. The van der Waals surface area contributed by atoms with Crippen LogP contribution in [0.4, 0.5) is 0 Å². The first kappa shape index (κ1) is 26.0. The Labute approximate surface area is 180 Å². The van der Waals surface area contributed by atoms with E-state index in [9.17, 15) is 4.79 Å². The number of nitrogens with zero attached hydrogens (tertiary/aromatic N) is 1. The van der Waals surface area contributed by atoms with Gasteiger partial charge >= 0.3 is 5.95 Å². The molecule has 0 aromatic rings. The van der Waals surface area contributed by atoms with E-state index in [2.05, 4.69) is 58.9 Å². The maximum absolute atomic E-state index is 12.7. The fourth-order valence-electron chi connectivity index (χ4n) is 3.26. The highest BCUT2D eigenvalue weighted by molar-refractivity contribution is 6.70. The van der Waals surface area contributed by atoms with E-state index in [1.165, 1.54) is 0 Å². The van der Waals surface area contributed by atoms with Gasteiger partial charge in [0.15, 0.2) is 8.32 Å². The summed E-state index contributed by atoms with van der Waals surface area (Å²) in [6.45, 7) is 21.5. The molecule has 1 aliphatic heterocycles. The summed E-state index contributed by atoms with van der Waals surface area (Å²) < 4.78 is 18.4. The smallest absolute Gasteiger partial charge is 0.313 e. The van der Waals surface area contributed by atoms with Gasteiger partial charge in [-0.2, -0.15) is 0 Å². The Bertz CT molecular complexity index is 593. The van der Waals surface area contributed by atoms with Gasteiger partial charge in [-0.15, -0.1) is 0 Å². The fourth-order valence-corrected chi connectivity index (χ4v) is 5.11. The second-order valence-corrected chi connectivity index (χ2v) is 19.0.